The van der Waals surface area contributed by atoms with Crippen LogP contribution in [0.1, 0.15) is 11.3 Å². The second kappa shape index (κ2) is 10.2. The van der Waals surface area contributed by atoms with Crippen molar-refractivity contribution in [2.75, 3.05) is 38.6 Å². The average Bonchev–Trinajstić information content (AvgIpc) is 3.25. The lowest BCUT2D eigenvalue weighted by atomic mass is 10.2. The van der Waals surface area contributed by atoms with Gasteiger partial charge in [0.15, 0.2) is 5.82 Å². The Morgan fingerprint density at radius 2 is 1.93 bits per heavy atom. The van der Waals surface area contributed by atoms with Gasteiger partial charge in [-0.3, -0.25) is 15.0 Å². The highest BCUT2D eigenvalue weighted by molar-refractivity contribution is 7.99. The molecule has 3 aromatic rings. The van der Waals surface area contributed by atoms with Gasteiger partial charge >= 0.3 is 0 Å². The van der Waals surface area contributed by atoms with Crippen LogP contribution < -0.4 is 0 Å². The maximum atomic E-state index is 5.42. The van der Waals surface area contributed by atoms with Crippen molar-refractivity contribution in [2.45, 2.75) is 22.7 Å². The molecular weight excluding hydrogens is 402 g/mol. The second-order valence-corrected chi connectivity index (χ2v) is 8.88. The fraction of sp³-hybridized carbons (Fsp3) is 0.381. The van der Waals surface area contributed by atoms with E-state index in [0.717, 1.165) is 66.6 Å². The van der Waals surface area contributed by atoms with Crippen LogP contribution in [0.5, 0.6) is 0 Å². The number of pyridine rings is 1. The summed E-state index contributed by atoms with van der Waals surface area (Å²) in [7, 11) is 0. The molecule has 0 spiro atoms. The molecule has 1 aliphatic rings. The predicted molar refractivity (Wildman–Crippen MR) is 118 cm³/mol. The van der Waals surface area contributed by atoms with Crippen LogP contribution in [0.2, 0.25) is 0 Å². The Morgan fingerprint density at radius 1 is 1.10 bits per heavy atom. The molecule has 0 amide bonds. The van der Waals surface area contributed by atoms with Crippen molar-refractivity contribution in [1.82, 2.24) is 25.1 Å². The van der Waals surface area contributed by atoms with E-state index in [2.05, 4.69) is 38.1 Å². The van der Waals surface area contributed by atoms with E-state index in [1.807, 2.05) is 48.3 Å². The minimum Gasteiger partial charge on any atom is -0.379 e. The summed E-state index contributed by atoms with van der Waals surface area (Å²) in [4.78, 5) is 13.0. The quantitative estimate of drug-likeness (QED) is 0.547. The number of benzene rings is 1. The largest absolute Gasteiger partial charge is 0.379 e. The van der Waals surface area contributed by atoms with Gasteiger partial charge in [-0.25, -0.2) is 4.98 Å². The summed E-state index contributed by atoms with van der Waals surface area (Å²) in [5.41, 5.74) is 3.39. The van der Waals surface area contributed by atoms with Crippen LogP contribution in [0.3, 0.4) is 0 Å². The number of hydrogen-bond donors (Lipinski definition) is 1. The molecule has 1 N–H and O–H groups in total. The summed E-state index contributed by atoms with van der Waals surface area (Å²) < 4.78 is 5.42. The first-order valence-corrected chi connectivity index (χ1v) is 11.7. The van der Waals surface area contributed by atoms with Gasteiger partial charge in [0, 0.05) is 47.8 Å². The van der Waals surface area contributed by atoms with Gasteiger partial charge in [-0.15, -0.1) is 16.9 Å². The molecule has 2 aromatic heterocycles. The summed E-state index contributed by atoms with van der Waals surface area (Å²) in [5, 5.41) is 8.11. The molecular formula is C21H25N5OS2. The Morgan fingerprint density at radius 3 is 2.76 bits per heavy atom. The summed E-state index contributed by atoms with van der Waals surface area (Å²) in [6.45, 7) is 7.05. The van der Waals surface area contributed by atoms with Crippen molar-refractivity contribution in [1.29, 1.82) is 0 Å². The maximum Gasteiger partial charge on any atom is 0.209 e. The van der Waals surface area contributed by atoms with Crippen molar-refractivity contribution >= 4 is 23.5 Å². The summed E-state index contributed by atoms with van der Waals surface area (Å²) in [6.07, 6.45) is 1.91. The van der Waals surface area contributed by atoms with E-state index in [9.17, 15) is 0 Å². The standard InChI is InChI=1S/C21H25N5OS2/c1-16-18(15-29-21-23-20(24-25-21)17-5-3-2-4-6-17)22-8-7-19(16)28-14-11-26-9-12-27-13-10-26/h2-8H,9-15H2,1H3,(H,23,24,25). The monoisotopic (exact) mass is 427 g/mol. The molecule has 0 aliphatic carbocycles. The molecule has 1 saturated heterocycles. The lowest BCUT2D eigenvalue weighted by molar-refractivity contribution is 0.0410. The summed E-state index contributed by atoms with van der Waals surface area (Å²) in [6, 6.07) is 12.2. The van der Waals surface area contributed by atoms with Gasteiger partial charge in [0.05, 0.1) is 18.9 Å². The molecule has 1 aliphatic heterocycles. The molecule has 0 radical (unpaired) electrons. The van der Waals surface area contributed by atoms with E-state index >= 15 is 0 Å². The molecule has 152 valence electrons. The zero-order valence-corrected chi connectivity index (χ0v) is 18.1. The third kappa shape index (κ3) is 5.60. The maximum absolute atomic E-state index is 5.42. The van der Waals surface area contributed by atoms with Gasteiger partial charge in [-0.1, -0.05) is 42.1 Å². The van der Waals surface area contributed by atoms with Gasteiger partial charge in [-0.2, -0.15) is 0 Å². The van der Waals surface area contributed by atoms with Gasteiger partial charge < -0.3 is 4.74 Å². The summed E-state index contributed by atoms with van der Waals surface area (Å²) >= 11 is 3.52. The molecule has 1 aromatic carbocycles. The Kier molecular flexibility index (Phi) is 7.21. The number of aromatic nitrogens is 4. The Hall–Kier alpha value is -1.87. The van der Waals surface area contributed by atoms with Crippen LogP contribution in [0.15, 0.2) is 52.6 Å². The van der Waals surface area contributed by atoms with Gasteiger partial charge in [-0.05, 0) is 18.6 Å². The zero-order chi connectivity index (χ0) is 19.9. The normalized spacial score (nSPS) is 14.9. The fourth-order valence-electron chi connectivity index (χ4n) is 3.14. The topological polar surface area (TPSA) is 66.9 Å². The van der Waals surface area contributed by atoms with E-state index in [-0.39, 0.29) is 0 Å². The molecule has 1 fully saturated rings. The number of nitrogens with zero attached hydrogens (tertiary/aromatic N) is 4. The lowest BCUT2D eigenvalue weighted by Gasteiger charge is -2.26. The smallest absolute Gasteiger partial charge is 0.209 e. The van der Waals surface area contributed by atoms with Crippen LogP contribution >= 0.6 is 23.5 Å². The van der Waals surface area contributed by atoms with Crippen LogP contribution in [0.25, 0.3) is 11.4 Å². The highest BCUT2D eigenvalue weighted by atomic mass is 32.2. The van der Waals surface area contributed by atoms with Crippen molar-refractivity contribution < 1.29 is 4.74 Å². The molecule has 0 saturated carbocycles. The van der Waals surface area contributed by atoms with Gasteiger partial charge in [0.2, 0.25) is 5.16 Å². The van der Waals surface area contributed by atoms with E-state index in [0.29, 0.717) is 0 Å². The van der Waals surface area contributed by atoms with Crippen molar-refractivity contribution in [2.24, 2.45) is 0 Å². The fourth-order valence-corrected chi connectivity index (χ4v) is 5.02. The highest BCUT2D eigenvalue weighted by Gasteiger charge is 2.12. The lowest BCUT2D eigenvalue weighted by Crippen LogP contribution is -2.37. The van der Waals surface area contributed by atoms with E-state index in [4.69, 9.17) is 4.74 Å². The number of aromatic amines is 1. The molecule has 4 rings (SSSR count). The zero-order valence-electron chi connectivity index (χ0n) is 16.5. The Balaban J connectivity index is 1.32. The minimum atomic E-state index is 0.746. The number of nitrogens with one attached hydrogen (secondary N) is 1. The van der Waals surface area contributed by atoms with Crippen LogP contribution in [-0.4, -0.2) is 63.7 Å². The number of morpholine rings is 1. The first-order chi connectivity index (χ1) is 14.3. The van der Waals surface area contributed by atoms with Crippen molar-refractivity contribution in [3.05, 3.63) is 53.9 Å². The SMILES string of the molecule is Cc1c(SCCN2CCOCC2)ccnc1CSc1n[nH]c(-c2ccccc2)n1. The van der Waals surface area contributed by atoms with Crippen molar-refractivity contribution in [3.8, 4) is 11.4 Å². The van der Waals surface area contributed by atoms with Gasteiger partial charge in [0.25, 0.3) is 0 Å². The molecule has 6 nitrogen and oxygen atoms in total. The highest BCUT2D eigenvalue weighted by Crippen LogP contribution is 2.28. The molecule has 0 atom stereocenters. The first kappa shape index (κ1) is 20.4. The van der Waals surface area contributed by atoms with Crippen LogP contribution in [0.4, 0.5) is 0 Å². The van der Waals surface area contributed by atoms with E-state index < -0.39 is 0 Å². The molecule has 0 bridgehead atoms. The van der Waals surface area contributed by atoms with Crippen LogP contribution in [0, 0.1) is 6.92 Å². The first-order valence-electron chi connectivity index (χ1n) is 9.77. The second-order valence-electron chi connectivity index (χ2n) is 6.80. The van der Waals surface area contributed by atoms with Crippen LogP contribution in [-0.2, 0) is 10.5 Å². The van der Waals surface area contributed by atoms with Gasteiger partial charge in [0.1, 0.15) is 0 Å². The number of rotatable bonds is 8. The molecule has 0 unspecified atom stereocenters. The third-order valence-electron chi connectivity index (χ3n) is 4.88. The summed E-state index contributed by atoms with van der Waals surface area (Å²) in [5.74, 6) is 2.64. The minimum absolute atomic E-state index is 0.746. The van der Waals surface area contributed by atoms with E-state index in [1.54, 1.807) is 11.8 Å². The number of thioether (sulfide) groups is 2. The van der Waals surface area contributed by atoms with Crippen molar-refractivity contribution in [3.63, 3.8) is 0 Å². The molecule has 8 heteroatoms. The predicted octanol–water partition coefficient (Wildman–Crippen LogP) is 3.89. The Bertz CT molecular complexity index is 912. The number of H-pyrrole nitrogens is 1. The molecule has 3 heterocycles. The Labute approximate surface area is 179 Å². The number of hydrogen-bond acceptors (Lipinski definition) is 7. The third-order valence-corrected chi connectivity index (χ3v) is 6.88. The number of ether oxygens (including phenoxy) is 1. The average molecular weight is 428 g/mol. The molecule has 29 heavy (non-hydrogen) atoms. The van der Waals surface area contributed by atoms with E-state index in [1.165, 1.54) is 10.5 Å².